The second-order valence-electron chi connectivity index (χ2n) is 6.08. The average molecular weight is 346 g/mol. The summed E-state index contributed by atoms with van der Waals surface area (Å²) in [7, 11) is 2.02. The van der Waals surface area contributed by atoms with Crippen LogP contribution in [-0.2, 0) is 11.2 Å². The van der Waals surface area contributed by atoms with Gasteiger partial charge in [-0.05, 0) is 54.8 Å². The molecule has 132 valence electrons. The first-order chi connectivity index (χ1) is 12.7. The van der Waals surface area contributed by atoms with Crippen molar-refractivity contribution in [2.45, 2.75) is 19.3 Å². The number of carbonyl (C=O) groups excluding carboxylic acids is 1. The van der Waals surface area contributed by atoms with Crippen molar-refractivity contribution in [2.75, 3.05) is 17.3 Å². The fourth-order valence-corrected chi connectivity index (χ4v) is 2.70. The molecule has 0 spiro atoms. The summed E-state index contributed by atoms with van der Waals surface area (Å²) in [6, 6.07) is 16.0. The number of hydrogen-bond acceptors (Lipinski definition) is 4. The van der Waals surface area contributed by atoms with Crippen LogP contribution < -0.4 is 10.2 Å². The second-order valence-corrected chi connectivity index (χ2v) is 6.08. The van der Waals surface area contributed by atoms with E-state index in [-0.39, 0.29) is 5.91 Å². The van der Waals surface area contributed by atoms with Crippen molar-refractivity contribution < 1.29 is 4.79 Å². The number of hydrogen-bond donors (Lipinski definition) is 1. The predicted octanol–water partition coefficient (Wildman–Crippen LogP) is 4.21. The van der Waals surface area contributed by atoms with Crippen molar-refractivity contribution >= 4 is 23.0 Å². The van der Waals surface area contributed by atoms with E-state index >= 15 is 0 Å². The van der Waals surface area contributed by atoms with E-state index < -0.39 is 0 Å². The molecule has 1 N–H and O–H groups in total. The van der Waals surface area contributed by atoms with E-state index in [0.29, 0.717) is 6.42 Å². The molecule has 2 aromatic heterocycles. The zero-order valence-electron chi connectivity index (χ0n) is 14.8. The van der Waals surface area contributed by atoms with Crippen molar-refractivity contribution in [3.63, 3.8) is 0 Å². The molecule has 1 amide bonds. The molecule has 0 aliphatic rings. The summed E-state index contributed by atoms with van der Waals surface area (Å²) in [5, 5.41) is 2.86. The second kappa shape index (κ2) is 8.76. The molecule has 0 atom stereocenters. The van der Waals surface area contributed by atoms with Crippen LogP contribution in [0.1, 0.15) is 18.4 Å². The minimum Gasteiger partial charge on any atom is -0.343 e. The van der Waals surface area contributed by atoms with E-state index in [1.165, 1.54) is 5.56 Å². The maximum absolute atomic E-state index is 12.0. The van der Waals surface area contributed by atoms with Gasteiger partial charge in [0.05, 0.1) is 23.8 Å². The molecule has 0 aliphatic heterocycles. The Balaban J connectivity index is 1.48. The summed E-state index contributed by atoms with van der Waals surface area (Å²) in [6.45, 7) is 0. The van der Waals surface area contributed by atoms with Gasteiger partial charge in [-0.1, -0.05) is 12.1 Å². The Morgan fingerprint density at radius 3 is 2.35 bits per heavy atom. The van der Waals surface area contributed by atoms with E-state index in [1.54, 1.807) is 24.7 Å². The molecule has 0 bridgehead atoms. The molecule has 3 aromatic rings. The topological polar surface area (TPSA) is 58.1 Å². The number of nitrogens with zero attached hydrogens (tertiary/aromatic N) is 3. The molecule has 0 unspecified atom stereocenters. The highest BCUT2D eigenvalue weighted by molar-refractivity contribution is 5.90. The third-order valence-electron chi connectivity index (χ3n) is 4.17. The molecule has 0 saturated heterocycles. The van der Waals surface area contributed by atoms with E-state index in [1.807, 2.05) is 31.4 Å². The molecule has 0 fully saturated rings. The first kappa shape index (κ1) is 17.6. The van der Waals surface area contributed by atoms with Gasteiger partial charge in [-0.15, -0.1) is 0 Å². The first-order valence-corrected chi connectivity index (χ1v) is 8.65. The Kier molecular flexibility index (Phi) is 5.93. The largest absolute Gasteiger partial charge is 0.343 e. The van der Waals surface area contributed by atoms with E-state index in [0.717, 1.165) is 29.9 Å². The lowest BCUT2D eigenvalue weighted by atomic mass is 10.1. The minimum absolute atomic E-state index is 0.0194. The quantitative estimate of drug-likeness (QED) is 0.696. The number of nitrogens with one attached hydrogen (secondary N) is 1. The van der Waals surface area contributed by atoms with Gasteiger partial charge in [-0.2, -0.15) is 0 Å². The lowest BCUT2D eigenvalue weighted by molar-refractivity contribution is -0.116. The molecule has 1 aromatic carbocycles. The van der Waals surface area contributed by atoms with Crippen LogP contribution in [-0.4, -0.2) is 22.9 Å². The van der Waals surface area contributed by atoms with E-state index in [4.69, 9.17) is 0 Å². The Labute approximate surface area is 153 Å². The SMILES string of the molecule is CN(c1ccc(CCCC(=O)Nc2cccnc2)cc1)c1cccnc1. The molecule has 5 heteroatoms. The summed E-state index contributed by atoms with van der Waals surface area (Å²) in [4.78, 5) is 22.2. The van der Waals surface area contributed by atoms with Crippen molar-refractivity contribution in [2.24, 2.45) is 0 Å². The summed E-state index contributed by atoms with van der Waals surface area (Å²) in [6.07, 6.45) is 9.12. The number of aromatic nitrogens is 2. The van der Waals surface area contributed by atoms with Gasteiger partial charge in [0.25, 0.3) is 0 Å². The van der Waals surface area contributed by atoms with Gasteiger partial charge < -0.3 is 10.2 Å². The Morgan fingerprint density at radius 2 is 1.69 bits per heavy atom. The highest BCUT2D eigenvalue weighted by Gasteiger charge is 2.05. The molecule has 0 aliphatic carbocycles. The number of carbonyl (C=O) groups is 1. The van der Waals surface area contributed by atoms with Gasteiger partial charge in [-0.25, -0.2) is 0 Å². The third-order valence-corrected chi connectivity index (χ3v) is 4.17. The highest BCUT2D eigenvalue weighted by atomic mass is 16.1. The number of benzene rings is 1. The van der Waals surface area contributed by atoms with Gasteiger partial charge in [0, 0.05) is 31.5 Å². The molecule has 26 heavy (non-hydrogen) atoms. The molecule has 0 radical (unpaired) electrons. The summed E-state index contributed by atoms with van der Waals surface area (Å²) in [5.41, 5.74) is 4.12. The molecular formula is C21H22N4O. The summed E-state index contributed by atoms with van der Waals surface area (Å²) >= 11 is 0. The molecule has 2 heterocycles. The maximum Gasteiger partial charge on any atom is 0.224 e. The minimum atomic E-state index is 0.0194. The standard InChI is InChI=1S/C21H22N4O/c1-25(20-7-4-14-23-16-20)19-11-9-17(10-12-19)5-2-8-21(26)24-18-6-3-13-22-15-18/h3-4,6-7,9-16H,2,5,8H2,1H3,(H,24,26). The van der Waals surface area contributed by atoms with Crippen molar-refractivity contribution in [3.8, 4) is 0 Å². The van der Waals surface area contributed by atoms with E-state index in [2.05, 4.69) is 44.5 Å². The average Bonchev–Trinajstić information content (AvgIpc) is 2.69. The van der Waals surface area contributed by atoms with Crippen LogP contribution in [0.5, 0.6) is 0 Å². The third kappa shape index (κ3) is 4.89. The Morgan fingerprint density at radius 1 is 0.962 bits per heavy atom. The lowest BCUT2D eigenvalue weighted by Gasteiger charge is -2.19. The van der Waals surface area contributed by atoms with Crippen LogP contribution in [0.25, 0.3) is 0 Å². The van der Waals surface area contributed by atoms with Crippen LogP contribution in [0.2, 0.25) is 0 Å². The smallest absolute Gasteiger partial charge is 0.224 e. The number of anilines is 3. The fraction of sp³-hybridized carbons (Fsp3) is 0.190. The summed E-state index contributed by atoms with van der Waals surface area (Å²) in [5.74, 6) is 0.0194. The number of aryl methyl sites for hydroxylation is 1. The fourth-order valence-electron chi connectivity index (χ4n) is 2.70. The van der Waals surface area contributed by atoms with Crippen molar-refractivity contribution in [1.29, 1.82) is 0 Å². The van der Waals surface area contributed by atoms with Crippen LogP contribution in [0, 0.1) is 0 Å². The molecular weight excluding hydrogens is 324 g/mol. The number of amides is 1. The Bertz CT molecular complexity index is 820. The normalized spacial score (nSPS) is 10.3. The van der Waals surface area contributed by atoms with Crippen LogP contribution in [0.4, 0.5) is 17.1 Å². The molecule has 3 rings (SSSR count). The predicted molar refractivity (Wildman–Crippen MR) is 105 cm³/mol. The maximum atomic E-state index is 12.0. The van der Waals surface area contributed by atoms with Gasteiger partial charge in [0.1, 0.15) is 0 Å². The highest BCUT2D eigenvalue weighted by Crippen LogP contribution is 2.23. The van der Waals surface area contributed by atoms with Gasteiger partial charge in [-0.3, -0.25) is 14.8 Å². The van der Waals surface area contributed by atoms with Crippen molar-refractivity contribution in [1.82, 2.24) is 9.97 Å². The number of rotatable bonds is 7. The van der Waals surface area contributed by atoms with Gasteiger partial charge in [0.15, 0.2) is 0 Å². The van der Waals surface area contributed by atoms with Crippen LogP contribution in [0.3, 0.4) is 0 Å². The molecule has 0 saturated carbocycles. The monoisotopic (exact) mass is 346 g/mol. The Hall–Kier alpha value is -3.21. The van der Waals surface area contributed by atoms with Crippen molar-refractivity contribution in [3.05, 3.63) is 78.9 Å². The van der Waals surface area contributed by atoms with Gasteiger partial charge >= 0.3 is 0 Å². The zero-order chi connectivity index (χ0) is 18.2. The molecule has 5 nitrogen and oxygen atoms in total. The lowest BCUT2D eigenvalue weighted by Crippen LogP contribution is -2.11. The summed E-state index contributed by atoms with van der Waals surface area (Å²) < 4.78 is 0. The zero-order valence-corrected chi connectivity index (χ0v) is 14.8. The first-order valence-electron chi connectivity index (χ1n) is 8.65. The number of pyridine rings is 2. The van der Waals surface area contributed by atoms with Gasteiger partial charge in [0.2, 0.25) is 5.91 Å². The van der Waals surface area contributed by atoms with E-state index in [9.17, 15) is 4.79 Å². The van der Waals surface area contributed by atoms with Crippen LogP contribution >= 0.6 is 0 Å². The van der Waals surface area contributed by atoms with Crippen LogP contribution in [0.15, 0.2) is 73.3 Å².